The maximum Gasteiger partial charge on any atom is 0.416 e. The summed E-state index contributed by atoms with van der Waals surface area (Å²) in [7, 11) is 1.44. The van der Waals surface area contributed by atoms with Crippen LogP contribution in [0.5, 0.6) is 5.75 Å². The number of carbonyl (C=O) groups excluding carboxylic acids is 2. The van der Waals surface area contributed by atoms with Gasteiger partial charge >= 0.3 is 12.1 Å². The van der Waals surface area contributed by atoms with Gasteiger partial charge in [-0.15, -0.1) is 0 Å². The van der Waals surface area contributed by atoms with E-state index in [-0.39, 0.29) is 30.3 Å². The zero-order valence-electron chi connectivity index (χ0n) is 14.3. The first kappa shape index (κ1) is 20.3. The van der Waals surface area contributed by atoms with Crippen LogP contribution in [-0.2, 0) is 20.4 Å². The number of ether oxygens (including phenoxy) is 3. The fourth-order valence-corrected chi connectivity index (χ4v) is 2.02. The monoisotopic (exact) mass is 386 g/mol. The molecule has 0 fully saturated rings. The Morgan fingerprint density at radius 2 is 1.96 bits per heavy atom. The van der Waals surface area contributed by atoms with Crippen LogP contribution in [0, 0.1) is 0 Å². The number of H-pyrrole nitrogens is 1. The molecular formula is C17H17F3N2O5. The number of nitrogens with one attached hydrogen (secondary N) is 2. The van der Waals surface area contributed by atoms with E-state index in [1.807, 2.05) is 0 Å². The van der Waals surface area contributed by atoms with Gasteiger partial charge in [-0.25, -0.2) is 4.79 Å². The van der Waals surface area contributed by atoms with Gasteiger partial charge in [-0.3, -0.25) is 4.79 Å². The van der Waals surface area contributed by atoms with E-state index in [0.717, 1.165) is 18.2 Å². The van der Waals surface area contributed by atoms with Crippen LogP contribution in [0.4, 0.5) is 18.9 Å². The lowest BCUT2D eigenvalue weighted by Crippen LogP contribution is -2.22. The average molecular weight is 386 g/mol. The standard InChI is InChI=1S/C17H17F3N2O5/c1-25-7-8-26-14-5-4-11(17(18,19)20)9-13(14)22-15(23)10-27-16(24)12-3-2-6-21-12/h2-6,9,21H,7-8,10H2,1H3,(H,22,23). The van der Waals surface area contributed by atoms with E-state index in [0.29, 0.717) is 0 Å². The highest BCUT2D eigenvalue weighted by Crippen LogP contribution is 2.35. The number of amides is 1. The number of benzene rings is 1. The Balaban J connectivity index is 2.06. The third kappa shape index (κ3) is 6.03. The van der Waals surface area contributed by atoms with Crippen LogP contribution in [0.15, 0.2) is 36.5 Å². The van der Waals surface area contributed by atoms with Crippen molar-refractivity contribution in [2.75, 3.05) is 32.2 Å². The molecule has 0 atom stereocenters. The summed E-state index contributed by atoms with van der Waals surface area (Å²) in [5, 5.41) is 2.26. The van der Waals surface area contributed by atoms with Crippen molar-refractivity contribution in [1.82, 2.24) is 4.98 Å². The normalized spacial score (nSPS) is 11.1. The summed E-state index contributed by atoms with van der Waals surface area (Å²) in [6.45, 7) is -0.389. The predicted molar refractivity (Wildman–Crippen MR) is 88.5 cm³/mol. The molecule has 0 aliphatic rings. The minimum absolute atomic E-state index is 0.0316. The van der Waals surface area contributed by atoms with Gasteiger partial charge in [-0.1, -0.05) is 0 Å². The first-order valence-corrected chi connectivity index (χ1v) is 7.74. The molecule has 0 saturated heterocycles. The zero-order chi connectivity index (χ0) is 19.9. The van der Waals surface area contributed by atoms with Crippen molar-refractivity contribution >= 4 is 17.6 Å². The van der Waals surface area contributed by atoms with Crippen LogP contribution in [0.3, 0.4) is 0 Å². The van der Waals surface area contributed by atoms with E-state index in [9.17, 15) is 22.8 Å². The summed E-state index contributed by atoms with van der Waals surface area (Å²) in [6, 6.07) is 5.70. The molecule has 7 nitrogen and oxygen atoms in total. The molecule has 146 valence electrons. The van der Waals surface area contributed by atoms with Crippen LogP contribution in [0.1, 0.15) is 16.1 Å². The molecular weight excluding hydrogens is 369 g/mol. The lowest BCUT2D eigenvalue weighted by atomic mass is 10.1. The second kappa shape index (κ2) is 9.08. The molecule has 2 N–H and O–H groups in total. The highest BCUT2D eigenvalue weighted by Gasteiger charge is 2.31. The van der Waals surface area contributed by atoms with Gasteiger partial charge in [0.15, 0.2) is 6.61 Å². The van der Waals surface area contributed by atoms with Gasteiger partial charge < -0.3 is 24.5 Å². The van der Waals surface area contributed by atoms with Crippen LogP contribution >= 0.6 is 0 Å². The van der Waals surface area contributed by atoms with Gasteiger partial charge in [-0.2, -0.15) is 13.2 Å². The average Bonchev–Trinajstić information content (AvgIpc) is 3.15. The number of carbonyl (C=O) groups is 2. The van der Waals surface area contributed by atoms with Crippen LogP contribution < -0.4 is 10.1 Å². The van der Waals surface area contributed by atoms with Gasteiger partial charge in [0, 0.05) is 13.3 Å². The van der Waals surface area contributed by atoms with Gasteiger partial charge in [0.25, 0.3) is 5.91 Å². The topological polar surface area (TPSA) is 89.7 Å². The van der Waals surface area contributed by atoms with E-state index >= 15 is 0 Å². The second-order valence-corrected chi connectivity index (χ2v) is 5.26. The van der Waals surface area contributed by atoms with Crippen molar-refractivity contribution in [2.24, 2.45) is 0 Å². The van der Waals surface area contributed by atoms with Crippen LogP contribution in [0.25, 0.3) is 0 Å². The third-order valence-electron chi connectivity index (χ3n) is 3.28. The molecule has 1 aromatic heterocycles. The lowest BCUT2D eigenvalue weighted by Gasteiger charge is -2.15. The minimum Gasteiger partial charge on any atom is -0.489 e. The van der Waals surface area contributed by atoms with E-state index in [4.69, 9.17) is 14.2 Å². The summed E-state index contributed by atoms with van der Waals surface area (Å²) in [5.74, 6) is -1.55. The molecule has 0 radical (unpaired) electrons. The fraction of sp³-hybridized carbons (Fsp3) is 0.294. The lowest BCUT2D eigenvalue weighted by molar-refractivity contribution is -0.137. The van der Waals surface area contributed by atoms with Crippen LogP contribution in [-0.4, -0.2) is 43.8 Å². The Kier molecular flexibility index (Phi) is 6.83. The number of hydrogen-bond acceptors (Lipinski definition) is 5. The third-order valence-corrected chi connectivity index (χ3v) is 3.28. The maximum atomic E-state index is 12.9. The van der Waals surface area contributed by atoms with Gasteiger partial charge in [-0.05, 0) is 30.3 Å². The molecule has 0 spiro atoms. The fourth-order valence-electron chi connectivity index (χ4n) is 2.02. The SMILES string of the molecule is COCCOc1ccc(C(F)(F)F)cc1NC(=O)COC(=O)c1ccc[nH]1. The molecule has 0 bridgehead atoms. The first-order valence-electron chi connectivity index (χ1n) is 7.74. The summed E-state index contributed by atoms with van der Waals surface area (Å²) >= 11 is 0. The molecule has 2 rings (SSSR count). The highest BCUT2D eigenvalue weighted by molar-refractivity contribution is 5.95. The molecule has 2 aromatic rings. The highest BCUT2D eigenvalue weighted by atomic mass is 19.4. The van der Waals surface area contributed by atoms with Gasteiger partial charge in [0.2, 0.25) is 0 Å². The summed E-state index contributed by atoms with van der Waals surface area (Å²) in [4.78, 5) is 26.2. The Morgan fingerprint density at radius 3 is 2.59 bits per heavy atom. The van der Waals surface area contributed by atoms with E-state index in [1.54, 1.807) is 6.07 Å². The number of aromatic amines is 1. The Hall–Kier alpha value is -3.01. The summed E-state index contributed by atoms with van der Waals surface area (Å²) in [5.41, 5.74) is -1.01. The van der Waals surface area contributed by atoms with E-state index in [1.165, 1.54) is 19.4 Å². The molecule has 1 amide bonds. The molecule has 1 aromatic carbocycles. The number of anilines is 1. The number of methoxy groups -OCH3 is 1. The zero-order valence-corrected chi connectivity index (χ0v) is 14.3. The Bertz CT molecular complexity index is 775. The molecule has 27 heavy (non-hydrogen) atoms. The summed E-state index contributed by atoms with van der Waals surface area (Å²) < 4.78 is 53.6. The molecule has 0 aliphatic heterocycles. The van der Waals surface area contributed by atoms with Crippen molar-refractivity contribution in [3.8, 4) is 5.75 Å². The number of aromatic nitrogens is 1. The van der Waals surface area contributed by atoms with Crippen molar-refractivity contribution in [2.45, 2.75) is 6.18 Å². The number of hydrogen-bond donors (Lipinski definition) is 2. The molecule has 10 heteroatoms. The van der Waals surface area contributed by atoms with Crippen LogP contribution in [0.2, 0.25) is 0 Å². The molecule has 0 unspecified atom stereocenters. The van der Waals surface area contributed by atoms with Crippen molar-refractivity contribution in [3.63, 3.8) is 0 Å². The minimum atomic E-state index is -4.59. The number of rotatable bonds is 8. The molecule has 1 heterocycles. The Labute approximate surface area is 152 Å². The summed E-state index contributed by atoms with van der Waals surface area (Å²) in [6.07, 6.45) is -3.09. The van der Waals surface area contributed by atoms with Crippen molar-refractivity contribution in [1.29, 1.82) is 0 Å². The van der Waals surface area contributed by atoms with E-state index in [2.05, 4.69) is 10.3 Å². The van der Waals surface area contributed by atoms with E-state index < -0.39 is 30.2 Å². The first-order chi connectivity index (χ1) is 12.8. The maximum absolute atomic E-state index is 12.9. The van der Waals surface area contributed by atoms with Crippen molar-refractivity contribution in [3.05, 3.63) is 47.8 Å². The molecule has 0 aliphatic carbocycles. The molecule has 0 saturated carbocycles. The number of esters is 1. The number of alkyl halides is 3. The number of halogens is 3. The van der Waals surface area contributed by atoms with Crippen molar-refractivity contribution < 1.29 is 37.0 Å². The Morgan fingerprint density at radius 1 is 1.19 bits per heavy atom. The van der Waals surface area contributed by atoms with Gasteiger partial charge in [0.05, 0.1) is 17.9 Å². The largest absolute Gasteiger partial charge is 0.489 e. The van der Waals surface area contributed by atoms with Gasteiger partial charge in [0.1, 0.15) is 18.1 Å². The smallest absolute Gasteiger partial charge is 0.416 e. The second-order valence-electron chi connectivity index (χ2n) is 5.26. The quantitative estimate of drug-likeness (QED) is 0.538. The predicted octanol–water partition coefficient (Wildman–Crippen LogP) is 2.85.